The Bertz CT molecular complexity index is 505. The molecule has 5 unspecified atom stereocenters. The molecule has 7 heteroatoms. The van der Waals surface area contributed by atoms with Gasteiger partial charge in [0.15, 0.2) is 0 Å². The monoisotopic (exact) mass is 428 g/mol. The zero-order valence-corrected chi connectivity index (χ0v) is 18.5. The Morgan fingerprint density at radius 1 is 0.724 bits per heavy atom. The Labute approximate surface area is 172 Å². The number of hydrogen-bond acceptors (Lipinski definition) is 2. The molecule has 2 nitrogen and oxygen atoms in total. The number of rotatable bonds is 0. The third kappa shape index (κ3) is 8.91. The fourth-order valence-electron chi connectivity index (χ4n) is 3.37. The van der Waals surface area contributed by atoms with Crippen molar-refractivity contribution in [2.45, 2.75) is 111 Å². The lowest BCUT2D eigenvalue weighted by Gasteiger charge is -2.32. The van der Waals surface area contributed by atoms with E-state index in [1.54, 1.807) is 13.8 Å². The van der Waals surface area contributed by atoms with Gasteiger partial charge in [0.1, 0.15) is 0 Å². The van der Waals surface area contributed by atoms with Crippen molar-refractivity contribution in [1.82, 2.24) is 0 Å². The van der Waals surface area contributed by atoms with Crippen LogP contribution in [0.2, 0.25) is 0 Å². The molecule has 2 saturated heterocycles. The lowest BCUT2D eigenvalue weighted by Crippen LogP contribution is -2.38. The molecule has 2 aliphatic heterocycles. The summed E-state index contributed by atoms with van der Waals surface area (Å²) >= 11 is 0. The van der Waals surface area contributed by atoms with Gasteiger partial charge in [-0.2, -0.15) is 17.6 Å². The summed E-state index contributed by atoms with van der Waals surface area (Å²) in [4.78, 5) is 0. The third-order valence-corrected chi connectivity index (χ3v) is 5.88. The molecule has 29 heavy (non-hydrogen) atoms. The number of ether oxygens (including phenoxy) is 2. The minimum absolute atomic E-state index is 0.133. The van der Waals surface area contributed by atoms with E-state index in [2.05, 4.69) is 16.4 Å². The number of alkyl halides is 4. The summed E-state index contributed by atoms with van der Waals surface area (Å²) < 4.78 is 72.1. The van der Waals surface area contributed by atoms with Crippen molar-refractivity contribution in [2.24, 2.45) is 17.8 Å². The average Bonchev–Trinajstić information content (AvgIpc) is 2.59. The van der Waals surface area contributed by atoms with Gasteiger partial charge in [-0.15, -0.1) is 0 Å². The molecule has 0 aromatic carbocycles. The van der Waals surface area contributed by atoms with E-state index >= 15 is 0 Å². The molecule has 0 bridgehead atoms. The summed E-state index contributed by atoms with van der Waals surface area (Å²) in [5, 5.41) is 0. The van der Waals surface area contributed by atoms with Crippen LogP contribution in [0.3, 0.4) is 0 Å². The molecule has 0 aromatic heterocycles. The predicted molar refractivity (Wildman–Crippen MR) is 105 cm³/mol. The van der Waals surface area contributed by atoms with Crippen LogP contribution in [0, 0.1) is 17.8 Å². The molecule has 2 fully saturated rings. The molecule has 0 N–H and O–H groups in total. The maximum atomic E-state index is 12.7. The van der Waals surface area contributed by atoms with Gasteiger partial charge in [-0.3, -0.25) is 0 Å². The van der Waals surface area contributed by atoms with Crippen LogP contribution in [0.4, 0.5) is 22.0 Å². The van der Waals surface area contributed by atoms with Crippen molar-refractivity contribution in [3.05, 3.63) is 11.4 Å². The normalized spacial score (nSPS) is 36.3. The second-order valence-electron chi connectivity index (χ2n) is 8.97. The summed E-state index contributed by atoms with van der Waals surface area (Å²) in [6.07, 6.45) is -0.930. The zero-order chi connectivity index (χ0) is 22.4. The lowest BCUT2D eigenvalue weighted by atomic mass is 9.91. The topological polar surface area (TPSA) is 18.5 Å². The van der Waals surface area contributed by atoms with Gasteiger partial charge in [0, 0.05) is 18.3 Å². The first-order chi connectivity index (χ1) is 13.2. The summed E-state index contributed by atoms with van der Waals surface area (Å²) in [5.74, 6) is -0.546. The van der Waals surface area contributed by atoms with Crippen LogP contribution in [0.5, 0.6) is 0 Å². The molecule has 1 aliphatic carbocycles. The standard InChI is InChI=1S/C8H13F.2C7H12F2O/c1-6-3-4-7(2)8(9)5-6;2*1-5-3-4-6(2)10-7(5,8)9/h6H,3-5H2,1-2H3;2*5-6H,3-4H2,1-2H3. The van der Waals surface area contributed by atoms with Crippen LogP contribution in [-0.2, 0) is 9.47 Å². The zero-order valence-electron chi connectivity index (χ0n) is 18.5. The van der Waals surface area contributed by atoms with Gasteiger partial charge < -0.3 is 9.47 Å². The van der Waals surface area contributed by atoms with Crippen molar-refractivity contribution in [3.63, 3.8) is 0 Å². The predicted octanol–water partition coefficient (Wildman–Crippen LogP) is 7.88. The van der Waals surface area contributed by atoms with Crippen molar-refractivity contribution < 1.29 is 31.4 Å². The highest BCUT2D eigenvalue weighted by Crippen LogP contribution is 2.37. The molecule has 0 saturated carbocycles. The first-order valence-corrected chi connectivity index (χ1v) is 10.7. The number of allylic oxidation sites excluding steroid dienone is 2. The average molecular weight is 429 g/mol. The van der Waals surface area contributed by atoms with Gasteiger partial charge in [-0.25, -0.2) is 4.39 Å². The highest BCUT2D eigenvalue weighted by atomic mass is 19.3. The van der Waals surface area contributed by atoms with E-state index in [9.17, 15) is 22.0 Å². The van der Waals surface area contributed by atoms with Gasteiger partial charge >= 0.3 is 12.2 Å². The Hall–Kier alpha value is -0.690. The maximum absolute atomic E-state index is 12.7. The van der Waals surface area contributed by atoms with E-state index in [1.165, 1.54) is 20.3 Å². The fourth-order valence-corrected chi connectivity index (χ4v) is 3.37. The van der Waals surface area contributed by atoms with E-state index in [4.69, 9.17) is 0 Å². The van der Waals surface area contributed by atoms with Crippen LogP contribution in [0.25, 0.3) is 0 Å². The molecule has 0 aromatic rings. The van der Waals surface area contributed by atoms with E-state index < -0.39 is 24.1 Å². The van der Waals surface area contributed by atoms with Gasteiger partial charge in [0.2, 0.25) is 0 Å². The Morgan fingerprint density at radius 3 is 1.41 bits per heavy atom. The first kappa shape index (κ1) is 26.3. The highest BCUT2D eigenvalue weighted by molar-refractivity contribution is 5.08. The molecule has 0 amide bonds. The minimum atomic E-state index is -2.89. The highest BCUT2D eigenvalue weighted by Gasteiger charge is 2.43. The van der Waals surface area contributed by atoms with Gasteiger partial charge in [-0.1, -0.05) is 20.8 Å². The van der Waals surface area contributed by atoms with Crippen LogP contribution in [0.15, 0.2) is 11.4 Å². The molecular formula is C22H37F5O2. The Balaban J connectivity index is 0.000000218. The molecule has 2 heterocycles. The first-order valence-electron chi connectivity index (χ1n) is 10.7. The summed E-state index contributed by atoms with van der Waals surface area (Å²) in [6, 6.07) is 0. The van der Waals surface area contributed by atoms with E-state index in [1.807, 2.05) is 6.92 Å². The van der Waals surface area contributed by atoms with Crippen molar-refractivity contribution >= 4 is 0 Å². The summed E-state index contributed by atoms with van der Waals surface area (Å²) in [7, 11) is 0. The molecule has 172 valence electrons. The second-order valence-corrected chi connectivity index (χ2v) is 8.97. The molecule has 0 spiro atoms. The van der Waals surface area contributed by atoms with Gasteiger partial charge in [-0.05, 0) is 70.8 Å². The van der Waals surface area contributed by atoms with Gasteiger partial charge in [0.05, 0.1) is 18.0 Å². The molecule has 3 rings (SSSR count). The van der Waals surface area contributed by atoms with Crippen LogP contribution in [-0.4, -0.2) is 24.4 Å². The minimum Gasteiger partial charge on any atom is -0.317 e. The molecule has 0 radical (unpaired) electrons. The largest absolute Gasteiger partial charge is 0.358 e. The summed E-state index contributed by atoms with van der Waals surface area (Å²) in [5.41, 5.74) is 0.966. The maximum Gasteiger partial charge on any atom is 0.358 e. The molecule has 3 aliphatic rings. The van der Waals surface area contributed by atoms with E-state index in [0.717, 1.165) is 24.8 Å². The van der Waals surface area contributed by atoms with E-state index in [0.29, 0.717) is 25.2 Å². The molecular weight excluding hydrogens is 391 g/mol. The van der Waals surface area contributed by atoms with Crippen LogP contribution in [0.1, 0.15) is 86.5 Å². The Kier molecular flexibility index (Phi) is 10.1. The van der Waals surface area contributed by atoms with Crippen molar-refractivity contribution in [1.29, 1.82) is 0 Å². The Morgan fingerprint density at radius 2 is 1.14 bits per heavy atom. The van der Waals surface area contributed by atoms with Crippen LogP contribution < -0.4 is 0 Å². The number of hydrogen-bond donors (Lipinski definition) is 0. The van der Waals surface area contributed by atoms with Gasteiger partial charge in [0.25, 0.3) is 0 Å². The quantitative estimate of drug-likeness (QED) is 0.365. The van der Waals surface area contributed by atoms with Crippen molar-refractivity contribution in [2.75, 3.05) is 0 Å². The van der Waals surface area contributed by atoms with Crippen LogP contribution >= 0.6 is 0 Å². The fraction of sp³-hybridized carbons (Fsp3) is 0.909. The second kappa shape index (κ2) is 11.1. The van der Waals surface area contributed by atoms with Crippen molar-refractivity contribution in [3.8, 4) is 0 Å². The number of halogens is 5. The smallest absolute Gasteiger partial charge is 0.317 e. The summed E-state index contributed by atoms with van der Waals surface area (Å²) in [6.45, 7) is 10.4. The lowest BCUT2D eigenvalue weighted by molar-refractivity contribution is -0.307. The van der Waals surface area contributed by atoms with E-state index in [-0.39, 0.29) is 18.0 Å². The molecule has 5 atom stereocenters. The third-order valence-electron chi connectivity index (χ3n) is 5.88. The SMILES string of the molecule is CC1=C(F)CC(C)CC1.CC1CCC(C)C(F)(F)O1.CC1CCC(C)C(F)(F)O1.